The molecule has 3 aromatic heterocycles. The number of hydrogen-bond donors (Lipinski definition) is 0. The lowest BCUT2D eigenvalue weighted by Gasteiger charge is -2.08. The molecule has 3 aromatic rings. The monoisotopic (exact) mass is 294 g/mol. The summed E-state index contributed by atoms with van der Waals surface area (Å²) in [6.45, 7) is -1.37. The van der Waals surface area contributed by atoms with Gasteiger partial charge in [0.15, 0.2) is 18.1 Å². The highest BCUT2D eigenvalue weighted by Crippen LogP contribution is 2.21. The van der Waals surface area contributed by atoms with E-state index in [4.69, 9.17) is 0 Å². The van der Waals surface area contributed by atoms with Crippen LogP contribution in [-0.4, -0.2) is 32.4 Å². The number of fused-ring (bicyclic) bond motifs is 1. The van der Waals surface area contributed by atoms with E-state index in [1.54, 1.807) is 22.7 Å². The Balaban J connectivity index is 1.84. The Morgan fingerprint density at radius 2 is 1.95 bits per heavy atom. The summed E-state index contributed by atoms with van der Waals surface area (Å²) in [6, 6.07) is 8.41. The molecular weight excluding hydrogens is 285 g/mol. The van der Waals surface area contributed by atoms with Gasteiger partial charge in [0.25, 0.3) is 0 Å². The maximum absolute atomic E-state index is 12.0. The number of ether oxygens (including phenoxy) is 1. The Morgan fingerprint density at radius 1 is 1.10 bits per heavy atom. The minimum Gasteiger partial charge on any atom is -0.468 e. The van der Waals surface area contributed by atoms with Crippen LogP contribution in [0.15, 0.2) is 42.7 Å². The highest BCUT2D eigenvalue weighted by molar-refractivity contribution is 5.58. The van der Waals surface area contributed by atoms with Crippen LogP contribution >= 0.6 is 0 Å². The van der Waals surface area contributed by atoms with Crippen molar-refractivity contribution in [3.63, 3.8) is 0 Å². The van der Waals surface area contributed by atoms with Crippen molar-refractivity contribution in [2.75, 3.05) is 6.61 Å². The second-order valence-corrected chi connectivity index (χ2v) is 4.24. The van der Waals surface area contributed by atoms with E-state index in [1.165, 1.54) is 12.3 Å². The molecule has 0 spiro atoms. The van der Waals surface area contributed by atoms with Gasteiger partial charge in [-0.15, -0.1) is 10.2 Å². The van der Waals surface area contributed by atoms with E-state index in [1.807, 2.05) is 12.1 Å². The third-order valence-corrected chi connectivity index (χ3v) is 2.69. The van der Waals surface area contributed by atoms with Gasteiger partial charge in [-0.05, 0) is 18.2 Å². The van der Waals surface area contributed by atoms with E-state index in [9.17, 15) is 13.2 Å². The lowest BCUT2D eigenvalue weighted by Crippen LogP contribution is -2.19. The first kappa shape index (κ1) is 13.3. The van der Waals surface area contributed by atoms with Crippen LogP contribution in [0.5, 0.6) is 5.88 Å². The first-order valence-electron chi connectivity index (χ1n) is 5.99. The van der Waals surface area contributed by atoms with Crippen molar-refractivity contribution in [2.24, 2.45) is 0 Å². The Morgan fingerprint density at radius 3 is 2.67 bits per heavy atom. The summed E-state index contributed by atoms with van der Waals surface area (Å²) >= 11 is 0. The number of aromatic nitrogens is 4. The summed E-state index contributed by atoms with van der Waals surface area (Å²) in [5.41, 5.74) is 1.30. The summed E-state index contributed by atoms with van der Waals surface area (Å²) in [7, 11) is 0. The third-order valence-electron chi connectivity index (χ3n) is 2.69. The molecule has 0 fully saturated rings. The largest absolute Gasteiger partial charge is 0.468 e. The summed E-state index contributed by atoms with van der Waals surface area (Å²) in [6.07, 6.45) is -1.20. The molecule has 5 nitrogen and oxygen atoms in total. The molecule has 8 heteroatoms. The predicted molar refractivity (Wildman–Crippen MR) is 67.8 cm³/mol. The Kier molecular flexibility index (Phi) is 3.20. The molecule has 0 aliphatic carbocycles. The maximum Gasteiger partial charge on any atom is 0.422 e. The lowest BCUT2D eigenvalue weighted by atomic mass is 10.2. The fourth-order valence-electron chi connectivity index (χ4n) is 1.79. The smallest absolute Gasteiger partial charge is 0.422 e. The maximum atomic E-state index is 12.0. The van der Waals surface area contributed by atoms with E-state index >= 15 is 0 Å². The van der Waals surface area contributed by atoms with Crippen LogP contribution in [-0.2, 0) is 0 Å². The van der Waals surface area contributed by atoms with E-state index < -0.39 is 12.8 Å². The average molecular weight is 294 g/mol. The molecule has 0 radical (unpaired) electrons. The van der Waals surface area contributed by atoms with Crippen LogP contribution in [0.3, 0.4) is 0 Å². The predicted octanol–water partition coefficient (Wildman–Crippen LogP) is 2.73. The topological polar surface area (TPSA) is 52.3 Å². The summed E-state index contributed by atoms with van der Waals surface area (Å²) in [4.78, 5) is 3.84. The van der Waals surface area contributed by atoms with Gasteiger partial charge in [0.05, 0.1) is 0 Å². The summed E-state index contributed by atoms with van der Waals surface area (Å²) in [5.74, 6) is 0.463. The van der Waals surface area contributed by atoms with Gasteiger partial charge >= 0.3 is 6.18 Å². The van der Waals surface area contributed by atoms with Gasteiger partial charge in [-0.1, -0.05) is 6.07 Å². The molecule has 0 saturated heterocycles. The van der Waals surface area contributed by atoms with Gasteiger partial charge < -0.3 is 4.74 Å². The lowest BCUT2D eigenvalue weighted by molar-refractivity contribution is -0.154. The van der Waals surface area contributed by atoms with E-state index in [-0.39, 0.29) is 5.88 Å². The van der Waals surface area contributed by atoms with Crippen LogP contribution in [0.4, 0.5) is 13.2 Å². The van der Waals surface area contributed by atoms with Crippen LogP contribution in [0, 0.1) is 0 Å². The normalized spacial score (nSPS) is 11.8. The van der Waals surface area contributed by atoms with Gasteiger partial charge in [0, 0.05) is 24.0 Å². The molecule has 0 N–H and O–H groups in total. The Labute approximate surface area is 117 Å². The minimum absolute atomic E-state index is 0.0927. The molecule has 21 heavy (non-hydrogen) atoms. The number of alkyl halides is 3. The number of halogens is 3. The van der Waals surface area contributed by atoms with Gasteiger partial charge in [0.1, 0.15) is 0 Å². The fraction of sp³-hybridized carbons (Fsp3) is 0.154. The van der Waals surface area contributed by atoms with Crippen LogP contribution in [0.25, 0.3) is 17.0 Å². The Hall–Kier alpha value is -2.64. The molecule has 0 amide bonds. The molecule has 0 aliphatic rings. The minimum atomic E-state index is -4.39. The molecule has 0 saturated carbocycles. The zero-order chi connectivity index (χ0) is 14.9. The molecule has 0 bridgehead atoms. The molecule has 0 aliphatic heterocycles. The first-order chi connectivity index (χ1) is 10.0. The van der Waals surface area contributed by atoms with Crippen LogP contribution < -0.4 is 4.74 Å². The molecular formula is C13H9F3N4O. The van der Waals surface area contributed by atoms with Crippen molar-refractivity contribution < 1.29 is 17.9 Å². The number of pyridine rings is 2. The summed E-state index contributed by atoms with van der Waals surface area (Å²) in [5, 5.41) is 8.02. The van der Waals surface area contributed by atoms with E-state index in [0.29, 0.717) is 17.0 Å². The molecule has 108 valence electrons. The van der Waals surface area contributed by atoms with Gasteiger partial charge in [-0.2, -0.15) is 13.2 Å². The van der Waals surface area contributed by atoms with Crippen molar-refractivity contribution in [1.82, 2.24) is 19.6 Å². The average Bonchev–Trinajstić information content (AvgIpc) is 2.89. The third kappa shape index (κ3) is 2.93. The molecule has 3 heterocycles. The van der Waals surface area contributed by atoms with Gasteiger partial charge in [-0.3, -0.25) is 4.40 Å². The van der Waals surface area contributed by atoms with Crippen LogP contribution in [0.2, 0.25) is 0 Å². The van der Waals surface area contributed by atoms with Crippen molar-refractivity contribution in [1.29, 1.82) is 0 Å². The standard InChI is InChI=1S/C13H9F3N4O/c14-13(15,16)8-21-11-5-4-9(7-17-11)12-19-18-10-3-1-2-6-20(10)12/h1-7H,8H2. The zero-order valence-corrected chi connectivity index (χ0v) is 10.6. The molecule has 0 unspecified atom stereocenters. The van der Waals surface area contributed by atoms with Crippen molar-refractivity contribution in [3.8, 4) is 17.3 Å². The SMILES string of the molecule is FC(F)(F)COc1ccc(-c2nnc3ccccn23)cn1. The van der Waals surface area contributed by atoms with Gasteiger partial charge in [-0.25, -0.2) is 4.98 Å². The van der Waals surface area contributed by atoms with Crippen molar-refractivity contribution in [2.45, 2.75) is 6.18 Å². The second kappa shape index (κ2) is 5.04. The molecule has 0 atom stereocenters. The quantitative estimate of drug-likeness (QED) is 0.745. The second-order valence-electron chi connectivity index (χ2n) is 4.24. The van der Waals surface area contributed by atoms with E-state index in [0.717, 1.165) is 0 Å². The summed E-state index contributed by atoms with van der Waals surface area (Å²) < 4.78 is 42.4. The fourth-order valence-corrected chi connectivity index (χ4v) is 1.79. The highest BCUT2D eigenvalue weighted by atomic mass is 19.4. The number of hydrogen-bond acceptors (Lipinski definition) is 4. The van der Waals surface area contributed by atoms with Crippen molar-refractivity contribution in [3.05, 3.63) is 42.7 Å². The molecule has 3 rings (SSSR count). The van der Waals surface area contributed by atoms with Gasteiger partial charge in [0.2, 0.25) is 5.88 Å². The van der Waals surface area contributed by atoms with Crippen LogP contribution in [0.1, 0.15) is 0 Å². The number of rotatable bonds is 3. The Bertz CT molecular complexity index is 752. The zero-order valence-electron chi connectivity index (χ0n) is 10.6. The molecule has 0 aromatic carbocycles. The van der Waals surface area contributed by atoms with Crippen molar-refractivity contribution >= 4 is 5.65 Å². The highest BCUT2D eigenvalue weighted by Gasteiger charge is 2.28. The number of nitrogens with zero attached hydrogens (tertiary/aromatic N) is 4. The first-order valence-corrected chi connectivity index (χ1v) is 5.99. The van der Waals surface area contributed by atoms with E-state index in [2.05, 4.69) is 19.9 Å².